The van der Waals surface area contributed by atoms with Crippen LogP contribution in [0.5, 0.6) is 0 Å². The summed E-state index contributed by atoms with van der Waals surface area (Å²) < 4.78 is 0. The number of benzene rings is 2. The lowest BCUT2D eigenvalue weighted by atomic mass is 10.0. The van der Waals surface area contributed by atoms with Crippen molar-refractivity contribution in [1.29, 1.82) is 0 Å². The molecule has 2 fully saturated rings. The van der Waals surface area contributed by atoms with Crippen LogP contribution in [0.2, 0.25) is 0 Å². The van der Waals surface area contributed by atoms with Crippen molar-refractivity contribution in [3.05, 3.63) is 42.0 Å². The Morgan fingerprint density at radius 1 is 0.950 bits per heavy atom. The van der Waals surface area contributed by atoms with E-state index < -0.39 is 0 Å². The Morgan fingerprint density at radius 3 is 2.20 bits per heavy atom. The second-order valence-corrected chi connectivity index (χ2v) is 6.17. The van der Waals surface area contributed by atoms with Gasteiger partial charge in [-0.15, -0.1) is 0 Å². The number of fused-ring (bicyclic) bond motifs is 3. The molecule has 0 atom stereocenters. The van der Waals surface area contributed by atoms with Gasteiger partial charge in [0.1, 0.15) is 0 Å². The second kappa shape index (κ2) is 4.34. The summed E-state index contributed by atoms with van der Waals surface area (Å²) in [4.78, 5) is 14.1. The Morgan fingerprint density at radius 2 is 1.55 bits per heavy atom. The lowest BCUT2D eigenvalue weighted by Gasteiger charge is -2.25. The molecule has 2 aromatic rings. The Labute approximate surface area is 119 Å². The predicted octanol–water partition coefficient (Wildman–Crippen LogP) is 4.17. The molecule has 20 heavy (non-hydrogen) atoms. The SMILES string of the molecule is CC(=O)c1ccc2cc(N3C4CCC3CC4)ccc2c1. The van der Waals surface area contributed by atoms with Crippen molar-refractivity contribution in [1.82, 2.24) is 0 Å². The first-order chi connectivity index (χ1) is 9.72. The van der Waals surface area contributed by atoms with Gasteiger partial charge >= 0.3 is 0 Å². The minimum Gasteiger partial charge on any atom is -0.366 e. The molecule has 2 heteroatoms. The summed E-state index contributed by atoms with van der Waals surface area (Å²) in [6, 6.07) is 14.2. The maximum atomic E-state index is 11.5. The fourth-order valence-corrected chi connectivity index (χ4v) is 3.95. The number of hydrogen-bond acceptors (Lipinski definition) is 2. The third-order valence-corrected chi connectivity index (χ3v) is 4.98. The van der Waals surface area contributed by atoms with Gasteiger partial charge in [0.05, 0.1) is 0 Å². The molecular weight excluding hydrogens is 246 g/mol. The summed E-state index contributed by atoms with van der Waals surface area (Å²) in [5.74, 6) is 0.133. The van der Waals surface area contributed by atoms with Crippen molar-refractivity contribution in [3.63, 3.8) is 0 Å². The van der Waals surface area contributed by atoms with E-state index in [1.807, 2.05) is 12.1 Å². The van der Waals surface area contributed by atoms with Gasteiger partial charge in [-0.2, -0.15) is 0 Å². The van der Waals surface area contributed by atoms with Gasteiger partial charge in [0.15, 0.2) is 5.78 Å². The summed E-state index contributed by atoms with van der Waals surface area (Å²) in [5.41, 5.74) is 2.16. The highest BCUT2D eigenvalue weighted by molar-refractivity contribution is 5.99. The summed E-state index contributed by atoms with van der Waals surface area (Å²) in [5, 5.41) is 2.40. The van der Waals surface area contributed by atoms with E-state index in [4.69, 9.17) is 0 Å². The van der Waals surface area contributed by atoms with E-state index in [2.05, 4.69) is 29.2 Å². The van der Waals surface area contributed by atoms with E-state index in [1.54, 1.807) is 6.92 Å². The van der Waals surface area contributed by atoms with Crippen LogP contribution in [0.25, 0.3) is 10.8 Å². The topological polar surface area (TPSA) is 20.3 Å². The largest absolute Gasteiger partial charge is 0.366 e. The van der Waals surface area contributed by atoms with Gasteiger partial charge in [-0.25, -0.2) is 0 Å². The highest BCUT2D eigenvalue weighted by Gasteiger charge is 2.39. The van der Waals surface area contributed by atoms with E-state index in [-0.39, 0.29) is 5.78 Å². The van der Waals surface area contributed by atoms with Crippen molar-refractivity contribution < 1.29 is 4.79 Å². The molecule has 2 saturated heterocycles. The van der Waals surface area contributed by atoms with Crippen molar-refractivity contribution in [2.75, 3.05) is 4.90 Å². The molecule has 2 aliphatic heterocycles. The second-order valence-electron chi connectivity index (χ2n) is 6.17. The van der Waals surface area contributed by atoms with Gasteiger partial charge in [0, 0.05) is 23.3 Å². The maximum absolute atomic E-state index is 11.5. The fraction of sp³-hybridized carbons (Fsp3) is 0.389. The van der Waals surface area contributed by atoms with Gasteiger partial charge in [0.2, 0.25) is 0 Å². The van der Waals surface area contributed by atoms with Crippen LogP contribution in [-0.2, 0) is 0 Å². The predicted molar refractivity (Wildman–Crippen MR) is 82.5 cm³/mol. The summed E-state index contributed by atoms with van der Waals surface area (Å²) in [6.45, 7) is 1.62. The molecular formula is C18H19NO. The minimum atomic E-state index is 0.133. The molecule has 0 aromatic heterocycles. The maximum Gasteiger partial charge on any atom is 0.159 e. The minimum absolute atomic E-state index is 0.133. The van der Waals surface area contributed by atoms with Crippen LogP contribution < -0.4 is 4.90 Å². The van der Waals surface area contributed by atoms with E-state index in [0.29, 0.717) is 0 Å². The average molecular weight is 265 g/mol. The van der Waals surface area contributed by atoms with Crippen molar-refractivity contribution in [2.24, 2.45) is 0 Å². The molecule has 102 valence electrons. The first-order valence-electron chi connectivity index (χ1n) is 7.55. The van der Waals surface area contributed by atoms with Crippen LogP contribution in [0, 0.1) is 0 Å². The zero-order valence-electron chi connectivity index (χ0n) is 11.8. The average Bonchev–Trinajstić information content (AvgIpc) is 3.06. The first kappa shape index (κ1) is 12.0. The van der Waals surface area contributed by atoms with Crippen LogP contribution in [0.15, 0.2) is 36.4 Å². The fourth-order valence-electron chi connectivity index (χ4n) is 3.95. The standard InChI is InChI=1S/C18H19NO/c1-12(20)13-2-3-15-11-18(5-4-14(15)10-13)19-16-6-7-17(19)9-8-16/h2-5,10-11,16-17H,6-9H2,1H3. The summed E-state index contributed by atoms with van der Waals surface area (Å²) >= 11 is 0. The molecule has 0 aliphatic carbocycles. The molecule has 0 N–H and O–H groups in total. The van der Waals surface area contributed by atoms with E-state index in [9.17, 15) is 4.79 Å². The Kier molecular flexibility index (Phi) is 2.59. The van der Waals surface area contributed by atoms with Gasteiger partial charge in [0.25, 0.3) is 0 Å². The number of rotatable bonds is 2. The Hall–Kier alpha value is -1.83. The molecule has 0 saturated carbocycles. The molecule has 0 radical (unpaired) electrons. The summed E-state index contributed by atoms with van der Waals surface area (Å²) in [7, 11) is 0. The van der Waals surface area contributed by atoms with Gasteiger partial charge in [-0.3, -0.25) is 4.79 Å². The zero-order chi connectivity index (χ0) is 13.7. The molecule has 0 amide bonds. The highest BCUT2D eigenvalue weighted by atomic mass is 16.1. The van der Waals surface area contributed by atoms with Crippen LogP contribution in [0.1, 0.15) is 43.0 Å². The highest BCUT2D eigenvalue weighted by Crippen LogP contribution is 2.41. The van der Waals surface area contributed by atoms with Crippen molar-refractivity contribution in [2.45, 2.75) is 44.7 Å². The van der Waals surface area contributed by atoms with E-state index in [0.717, 1.165) is 23.0 Å². The summed E-state index contributed by atoms with van der Waals surface area (Å²) in [6.07, 6.45) is 5.41. The molecule has 2 nitrogen and oxygen atoms in total. The first-order valence-corrected chi connectivity index (χ1v) is 7.55. The number of nitrogens with zero attached hydrogens (tertiary/aromatic N) is 1. The third kappa shape index (κ3) is 1.75. The smallest absolute Gasteiger partial charge is 0.159 e. The van der Waals surface area contributed by atoms with Crippen LogP contribution in [0.4, 0.5) is 5.69 Å². The molecule has 2 aliphatic rings. The monoisotopic (exact) mass is 265 g/mol. The number of carbonyl (C=O) groups is 1. The number of Topliss-reactive ketones (excluding diaryl/α,β-unsaturated/α-hetero) is 1. The third-order valence-electron chi connectivity index (χ3n) is 4.98. The molecule has 0 spiro atoms. The van der Waals surface area contributed by atoms with Crippen LogP contribution >= 0.6 is 0 Å². The molecule has 0 unspecified atom stereocenters. The van der Waals surface area contributed by atoms with Gasteiger partial charge < -0.3 is 4.90 Å². The normalized spacial score (nSPS) is 24.6. The van der Waals surface area contributed by atoms with Crippen molar-refractivity contribution in [3.8, 4) is 0 Å². The number of anilines is 1. The number of hydrogen-bond donors (Lipinski definition) is 0. The molecule has 2 aromatic carbocycles. The molecule has 2 bridgehead atoms. The van der Waals surface area contributed by atoms with Crippen LogP contribution in [-0.4, -0.2) is 17.9 Å². The lowest BCUT2D eigenvalue weighted by molar-refractivity contribution is 0.101. The molecule has 4 rings (SSSR count). The number of carbonyl (C=O) groups excluding carboxylic acids is 1. The van der Waals surface area contributed by atoms with Gasteiger partial charge in [-0.1, -0.05) is 18.2 Å². The van der Waals surface area contributed by atoms with E-state index >= 15 is 0 Å². The Bertz CT molecular complexity index is 671. The lowest BCUT2D eigenvalue weighted by Crippen LogP contribution is -2.27. The quantitative estimate of drug-likeness (QED) is 0.759. The zero-order valence-corrected chi connectivity index (χ0v) is 11.8. The van der Waals surface area contributed by atoms with Gasteiger partial charge in [-0.05, 0) is 61.6 Å². The van der Waals surface area contributed by atoms with Crippen molar-refractivity contribution >= 4 is 22.2 Å². The molecule has 2 heterocycles. The van der Waals surface area contributed by atoms with Crippen LogP contribution in [0.3, 0.4) is 0 Å². The Balaban J connectivity index is 1.76. The van der Waals surface area contributed by atoms with E-state index in [1.165, 1.54) is 36.8 Å². The number of ketones is 1.